The molecule has 7 nitrogen and oxygen atoms in total. The Labute approximate surface area is 181 Å². The minimum atomic E-state index is 0.135. The average molecular weight is 421 g/mol. The molecule has 4 heterocycles. The van der Waals surface area contributed by atoms with Gasteiger partial charge < -0.3 is 9.15 Å². The second kappa shape index (κ2) is 8.48. The van der Waals surface area contributed by atoms with Crippen molar-refractivity contribution in [2.24, 2.45) is 5.92 Å². The lowest BCUT2D eigenvalue weighted by molar-refractivity contribution is -0.124. The topological polar surface area (TPSA) is 81.4 Å². The number of ether oxygens (including phenoxy) is 1. The van der Waals surface area contributed by atoms with Crippen LogP contribution < -0.4 is 0 Å². The smallest absolute Gasteiger partial charge is 0.191 e. The zero-order chi connectivity index (χ0) is 21.4. The number of carbonyl (C=O) groups excluding carboxylic acids is 1. The number of aromatic nitrogens is 3. The van der Waals surface area contributed by atoms with Gasteiger partial charge in [-0.1, -0.05) is 0 Å². The van der Waals surface area contributed by atoms with E-state index in [9.17, 15) is 4.79 Å². The Balaban J connectivity index is 1.24. The van der Waals surface area contributed by atoms with Crippen molar-refractivity contribution in [1.82, 2.24) is 19.9 Å². The number of Topliss-reactive ketones (excluding diaryl/α,β-unsaturated/α-hetero) is 1. The van der Waals surface area contributed by atoms with Crippen LogP contribution in [-0.4, -0.2) is 58.0 Å². The van der Waals surface area contributed by atoms with Crippen LogP contribution in [0.3, 0.4) is 0 Å². The van der Waals surface area contributed by atoms with Gasteiger partial charge in [0.15, 0.2) is 11.7 Å². The number of likely N-dealkylation sites (N-methyl/N-ethyl adjacent to an activating group) is 1. The molecule has 2 aliphatic rings. The third kappa shape index (κ3) is 4.25. The molecule has 1 saturated heterocycles. The molecule has 0 atom stereocenters. The summed E-state index contributed by atoms with van der Waals surface area (Å²) in [5.41, 5.74) is 2.33. The highest BCUT2D eigenvalue weighted by molar-refractivity contribution is 5.85. The fraction of sp³-hybridized carbons (Fsp3) is 0.500. The number of ketones is 1. The lowest BCUT2D eigenvalue weighted by atomic mass is 9.81. The number of pyridine rings is 2. The second-order valence-corrected chi connectivity index (χ2v) is 8.81. The van der Waals surface area contributed by atoms with Gasteiger partial charge in [0.2, 0.25) is 0 Å². The molecular formula is C24H28N4O3. The molecule has 0 unspecified atom stereocenters. The summed E-state index contributed by atoms with van der Waals surface area (Å²) in [4.78, 5) is 28.8. The summed E-state index contributed by atoms with van der Waals surface area (Å²) in [5, 5.41) is 0.944. The number of rotatable bonds is 6. The molecule has 31 heavy (non-hydrogen) atoms. The van der Waals surface area contributed by atoms with Crippen molar-refractivity contribution in [3.05, 3.63) is 42.2 Å². The van der Waals surface area contributed by atoms with E-state index in [0.717, 1.165) is 61.2 Å². The van der Waals surface area contributed by atoms with Gasteiger partial charge in [-0.05, 0) is 50.9 Å². The fourth-order valence-corrected chi connectivity index (χ4v) is 4.66. The summed E-state index contributed by atoms with van der Waals surface area (Å²) in [6.45, 7) is 3.50. The van der Waals surface area contributed by atoms with Gasteiger partial charge in [-0.15, -0.1) is 0 Å². The maximum absolute atomic E-state index is 13.0. The van der Waals surface area contributed by atoms with E-state index in [4.69, 9.17) is 14.1 Å². The molecule has 1 aliphatic carbocycles. The number of hydrogen-bond donors (Lipinski definition) is 0. The Morgan fingerprint density at radius 3 is 2.58 bits per heavy atom. The van der Waals surface area contributed by atoms with Crippen molar-refractivity contribution in [1.29, 1.82) is 0 Å². The molecule has 3 aromatic heterocycles. The number of carbonyl (C=O) groups is 1. The number of hydrogen-bond acceptors (Lipinski definition) is 7. The third-order valence-electron chi connectivity index (χ3n) is 6.78. The fourth-order valence-electron chi connectivity index (χ4n) is 4.66. The number of aryl methyl sites for hydroxylation is 1. The number of fused-ring (bicyclic) bond motifs is 1. The van der Waals surface area contributed by atoms with E-state index in [1.165, 1.54) is 0 Å². The molecule has 0 spiro atoms. The zero-order valence-electron chi connectivity index (χ0n) is 18.1. The van der Waals surface area contributed by atoms with E-state index in [2.05, 4.69) is 21.9 Å². The first kappa shape index (κ1) is 20.3. The van der Waals surface area contributed by atoms with E-state index < -0.39 is 0 Å². The molecule has 162 valence electrons. The Morgan fingerprint density at radius 2 is 1.90 bits per heavy atom. The predicted octanol–water partition coefficient (Wildman–Crippen LogP) is 3.59. The van der Waals surface area contributed by atoms with Crippen LogP contribution in [0.2, 0.25) is 0 Å². The monoisotopic (exact) mass is 420 g/mol. The Kier molecular flexibility index (Phi) is 5.54. The van der Waals surface area contributed by atoms with Crippen molar-refractivity contribution in [2.75, 3.05) is 20.3 Å². The van der Waals surface area contributed by atoms with Crippen molar-refractivity contribution in [2.45, 2.75) is 51.1 Å². The van der Waals surface area contributed by atoms with Crippen LogP contribution in [0.25, 0.3) is 22.4 Å². The SMILES string of the molecule is Cc1ncc(-c2ccc3cnc(CC(=O)C4CCC(N(C)C5COC5)CC4)cc3n2)o1. The highest BCUT2D eigenvalue weighted by Gasteiger charge is 2.33. The number of nitrogens with zero attached hydrogens (tertiary/aromatic N) is 4. The van der Waals surface area contributed by atoms with Crippen molar-refractivity contribution in [3.8, 4) is 11.5 Å². The van der Waals surface area contributed by atoms with E-state index in [-0.39, 0.29) is 5.92 Å². The average Bonchev–Trinajstić information content (AvgIpc) is 3.18. The molecule has 0 aromatic carbocycles. The normalized spacial score (nSPS) is 22.0. The standard InChI is InChI=1S/C24H28N4O3/c1-15-25-12-24(31-15)21-8-5-17-11-26-18(9-22(17)27-21)10-23(29)16-3-6-19(7-4-16)28(2)20-13-30-14-20/h5,8-9,11-12,16,19-20H,3-4,6-7,10,13-14H2,1-2H3. The molecular weight excluding hydrogens is 392 g/mol. The first-order valence-corrected chi connectivity index (χ1v) is 11.1. The molecule has 0 bridgehead atoms. The summed E-state index contributed by atoms with van der Waals surface area (Å²) in [6, 6.07) is 6.92. The van der Waals surface area contributed by atoms with E-state index in [1.54, 1.807) is 12.4 Å². The maximum atomic E-state index is 13.0. The Bertz CT molecular complexity index is 1080. The maximum Gasteiger partial charge on any atom is 0.191 e. The highest BCUT2D eigenvalue weighted by atomic mass is 16.5. The molecule has 0 amide bonds. The van der Waals surface area contributed by atoms with Gasteiger partial charge in [0.05, 0.1) is 31.0 Å². The lowest BCUT2D eigenvalue weighted by Gasteiger charge is -2.42. The summed E-state index contributed by atoms with van der Waals surface area (Å²) >= 11 is 0. The van der Waals surface area contributed by atoms with Crippen molar-refractivity contribution >= 4 is 16.7 Å². The second-order valence-electron chi connectivity index (χ2n) is 8.81. The van der Waals surface area contributed by atoms with E-state index in [0.29, 0.717) is 35.9 Å². The van der Waals surface area contributed by atoms with Crippen molar-refractivity contribution in [3.63, 3.8) is 0 Å². The molecule has 0 N–H and O–H groups in total. The quantitative estimate of drug-likeness (QED) is 0.603. The summed E-state index contributed by atoms with van der Waals surface area (Å²) in [5.74, 6) is 1.68. The molecule has 7 heteroatoms. The van der Waals surface area contributed by atoms with Gasteiger partial charge in [0, 0.05) is 42.6 Å². The van der Waals surface area contributed by atoms with Gasteiger partial charge in [-0.25, -0.2) is 9.97 Å². The van der Waals surface area contributed by atoms with Crippen LogP contribution in [0.5, 0.6) is 0 Å². The van der Waals surface area contributed by atoms with Gasteiger partial charge in [-0.2, -0.15) is 0 Å². The highest BCUT2D eigenvalue weighted by Crippen LogP contribution is 2.30. The van der Waals surface area contributed by atoms with Crippen LogP contribution in [0.4, 0.5) is 0 Å². The molecule has 5 rings (SSSR count). The zero-order valence-corrected chi connectivity index (χ0v) is 18.1. The number of oxazole rings is 1. The first-order chi connectivity index (χ1) is 15.1. The van der Waals surface area contributed by atoms with Gasteiger partial charge in [-0.3, -0.25) is 14.7 Å². The summed E-state index contributed by atoms with van der Waals surface area (Å²) in [6.07, 6.45) is 7.93. The van der Waals surface area contributed by atoms with Crippen LogP contribution in [0, 0.1) is 12.8 Å². The lowest BCUT2D eigenvalue weighted by Crippen LogP contribution is -2.52. The molecule has 0 radical (unpaired) electrons. The summed E-state index contributed by atoms with van der Waals surface area (Å²) < 4.78 is 10.9. The van der Waals surface area contributed by atoms with Crippen LogP contribution in [0.1, 0.15) is 37.3 Å². The van der Waals surface area contributed by atoms with Gasteiger partial charge >= 0.3 is 0 Å². The van der Waals surface area contributed by atoms with Crippen LogP contribution in [0.15, 0.2) is 35.0 Å². The largest absolute Gasteiger partial charge is 0.439 e. The van der Waals surface area contributed by atoms with Gasteiger partial charge in [0.1, 0.15) is 11.5 Å². The minimum Gasteiger partial charge on any atom is -0.439 e. The third-order valence-corrected chi connectivity index (χ3v) is 6.78. The molecule has 1 saturated carbocycles. The first-order valence-electron chi connectivity index (χ1n) is 11.1. The molecule has 1 aliphatic heterocycles. The minimum absolute atomic E-state index is 0.135. The van der Waals surface area contributed by atoms with Crippen molar-refractivity contribution < 1.29 is 13.9 Å². The van der Waals surface area contributed by atoms with Crippen LogP contribution >= 0.6 is 0 Å². The predicted molar refractivity (Wildman–Crippen MR) is 117 cm³/mol. The van der Waals surface area contributed by atoms with Gasteiger partial charge in [0.25, 0.3) is 0 Å². The van der Waals surface area contributed by atoms with Crippen LogP contribution in [-0.2, 0) is 16.0 Å². The van der Waals surface area contributed by atoms with E-state index in [1.807, 2.05) is 25.1 Å². The molecule has 3 aromatic rings. The summed E-state index contributed by atoms with van der Waals surface area (Å²) in [7, 11) is 2.19. The Hall–Kier alpha value is -2.64. The Morgan fingerprint density at radius 1 is 1.10 bits per heavy atom. The molecule has 2 fully saturated rings. The van der Waals surface area contributed by atoms with E-state index >= 15 is 0 Å².